The summed E-state index contributed by atoms with van der Waals surface area (Å²) in [6, 6.07) is 10.9. The second kappa shape index (κ2) is 10.2. The third kappa shape index (κ3) is 6.04. The number of nitrogens with zero attached hydrogens (tertiary/aromatic N) is 2. The molecule has 0 bridgehead atoms. The zero-order chi connectivity index (χ0) is 21.5. The number of carbonyl (C=O) groups excluding carboxylic acids is 2. The lowest BCUT2D eigenvalue weighted by Crippen LogP contribution is -2.16. The standard InChI is InChI=1S/C20H17ClF2N4O2S/c21-15-5-2-6-16(18(15)30-20(22)23)26-19(29)13-3-1-4-14(11-13)25-17(28)7-9-27-10-8-24-12-27/h1-6,8,10-12,20H,7,9H2,(H,25,28)(H,26,29). The molecule has 3 aromatic rings. The molecule has 0 aliphatic carbocycles. The number of aryl methyl sites for hydroxylation is 1. The van der Waals surface area contributed by atoms with E-state index >= 15 is 0 Å². The van der Waals surface area contributed by atoms with E-state index in [9.17, 15) is 18.4 Å². The summed E-state index contributed by atoms with van der Waals surface area (Å²) in [7, 11) is 0. The number of hydrogen-bond acceptors (Lipinski definition) is 4. The van der Waals surface area contributed by atoms with Gasteiger partial charge in [-0.15, -0.1) is 0 Å². The average Bonchev–Trinajstić information content (AvgIpc) is 3.23. The van der Waals surface area contributed by atoms with E-state index in [-0.39, 0.29) is 45.3 Å². The van der Waals surface area contributed by atoms with Gasteiger partial charge in [-0.3, -0.25) is 9.59 Å². The third-order valence-corrected chi connectivity index (χ3v) is 5.27. The van der Waals surface area contributed by atoms with Gasteiger partial charge in [-0.05, 0) is 30.3 Å². The molecule has 0 saturated carbocycles. The van der Waals surface area contributed by atoms with E-state index in [0.717, 1.165) is 0 Å². The van der Waals surface area contributed by atoms with Crippen molar-refractivity contribution >= 4 is 46.6 Å². The van der Waals surface area contributed by atoms with Crippen molar-refractivity contribution in [3.63, 3.8) is 0 Å². The Hall–Kier alpha value is -2.91. The molecule has 2 amide bonds. The fraction of sp³-hybridized carbons (Fsp3) is 0.150. The van der Waals surface area contributed by atoms with Gasteiger partial charge in [-0.25, -0.2) is 4.98 Å². The number of hydrogen-bond donors (Lipinski definition) is 2. The van der Waals surface area contributed by atoms with Crippen LogP contribution in [0.15, 0.2) is 66.1 Å². The molecule has 0 atom stereocenters. The Morgan fingerprint density at radius 2 is 1.97 bits per heavy atom. The minimum atomic E-state index is -2.68. The lowest BCUT2D eigenvalue weighted by atomic mass is 10.1. The van der Waals surface area contributed by atoms with Gasteiger partial charge in [-0.1, -0.05) is 35.5 Å². The quantitative estimate of drug-likeness (QED) is 0.466. The highest BCUT2D eigenvalue weighted by Crippen LogP contribution is 2.37. The second-order valence-corrected chi connectivity index (χ2v) is 7.54. The average molecular weight is 451 g/mol. The number of alkyl halides is 2. The Balaban J connectivity index is 1.66. The summed E-state index contributed by atoms with van der Waals surface area (Å²) in [5.41, 5.74) is 0.898. The van der Waals surface area contributed by atoms with Crippen LogP contribution in [0.2, 0.25) is 5.02 Å². The fourth-order valence-electron chi connectivity index (χ4n) is 2.62. The SMILES string of the molecule is O=C(CCn1ccnc1)Nc1cccc(C(=O)Nc2cccc(Cl)c2SC(F)F)c1. The number of thioether (sulfide) groups is 1. The Morgan fingerprint density at radius 3 is 2.70 bits per heavy atom. The summed E-state index contributed by atoms with van der Waals surface area (Å²) < 4.78 is 27.4. The number of benzene rings is 2. The van der Waals surface area contributed by atoms with Gasteiger partial charge in [0.15, 0.2) is 0 Å². The van der Waals surface area contributed by atoms with Crippen molar-refractivity contribution < 1.29 is 18.4 Å². The number of anilines is 2. The molecule has 6 nitrogen and oxygen atoms in total. The Morgan fingerprint density at radius 1 is 1.17 bits per heavy atom. The molecular formula is C20H17ClF2N4O2S. The molecule has 2 aromatic carbocycles. The molecule has 10 heteroatoms. The van der Waals surface area contributed by atoms with Gasteiger partial charge in [0.2, 0.25) is 5.91 Å². The van der Waals surface area contributed by atoms with Gasteiger partial charge in [0, 0.05) is 36.6 Å². The summed E-state index contributed by atoms with van der Waals surface area (Å²) in [5, 5.41) is 5.45. The molecule has 0 unspecified atom stereocenters. The molecule has 2 N–H and O–H groups in total. The van der Waals surface area contributed by atoms with Gasteiger partial charge < -0.3 is 15.2 Å². The van der Waals surface area contributed by atoms with E-state index in [2.05, 4.69) is 15.6 Å². The van der Waals surface area contributed by atoms with Gasteiger partial charge in [0.05, 0.1) is 21.9 Å². The van der Waals surface area contributed by atoms with Crippen LogP contribution in [0.4, 0.5) is 20.2 Å². The van der Waals surface area contributed by atoms with Crippen LogP contribution in [0.1, 0.15) is 16.8 Å². The van der Waals surface area contributed by atoms with Crippen molar-refractivity contribution in [3.05, 3.63) is 71.8 Å². The molecule has 1 aromatic heterocycles. The zero-order valence-corrected chi connectivity index (χ0v) is 17.1. The molecule has 0 radical (unpaired) electrons. The van der Waals surface area contributed by atoms with Crippen molar-refractivity contribution in [1.29, 1.82) is 0 Å². The van der Waals surface area contributed by atoms with Crippen LogP contribution in [0.5, 0.6) is 0 Å². The maximum Gasteiger partial charge on any atom is 0.289 e. The first kappa shape index (κ1) is 21.8. The summed E-state index contributed by atoms with van der Waals surface area (Å²) in [5.74, 6) is -3.41. The smallest absolute Gasteiger partial charge is 0.289 e. The first-order valence-electron chi connectivity index (χ1n) is 8.82. The molecular weight excluding hydrogens is 434 g/mol. The van der Waals surface area contributed by atoms with E-state index in [1.807, 2.05) is 0 Å². The van der Waals surface area contributed by atoms with Crippen LogP contribution in [0.3, 0.4) is 0 Å². The number of nitrogens with one attached hydrogen (secondary N) is 2. The second-order valence-electron chi connectivity index (χ2n) is 6.13. The van der Waals surface area contributed by atoms with Crippen LogP contribution in [0.25, 0.3) is 0 Å². The maximum absolute atomic E-state index is 12.8. The van der Waals surface area contributed by atoms with E-state index in [0.29, 0.717) is 12.2 Å². The lowest BCUT2D eigenvalue weighted by Gasteiger charge is -2.13. The highest BCUT2D eigenvalue weighted by molar-refractivity contribution is 7.99. The number of amides is 2. The number of aromatic nitrogens is 2. The minimum absolute atomic E-state index is 0.0893. The molecule has 30 heavy (non-hydrogen) atoms. The summed E-state index contributed by atoms with van der Waals surface area (Å²) >= 11 is 6.25. The maximum atomic E-state index is 12.8. The van der Waals surface area contributed by atoms with Crippen molar-refractivity contribution in [2.24, 2.45) is 0 Å². The monoisotopic (exact) mass is 450 g/mol. The molecule has 0 spiro atoms. The van der Waals surface area contributed by atoms with Crippen LogP contribution < -0.4 is 10.6 Å². The van der Waals surface area contributed by atoms with Crippen molar-refractivity contribution in [2.45, 2.75) is 23.6 Å². The van der Waals surface area contributed by atoms with Gasteiger partial charge >= 0.3 is 0 Å². The van der Waals surface area contributed by atoms with Gasteiger partial charge in [-0.2, -0.15) is 8.78 Å². The Labute approximate surface area is 180 Å². The van der Waals surface area contributed by atoms with E-state index in [4.69, 9.17) is 11.6 Å². The molecule has 0 aliphatic heterocycles. The third-order valence-electron chi connectivity index (χ3n) is 3.99. The van der Waals surface area contributed by atoms with E-state index < -0.39 is 11.7 Å². The van der Waals surface area contributed by atoms with E-state index in [1.54, 1.807) is 47.6 Å². The molecule has 156 valence electrons. The molecule has 3 rings (SSSR count). The van der Waals surface area contributed by atoms with E-state index in [1.165, 1.54) is 18.2 Å². The van der Waals surface area contributed by atoms with Crippen LogP contribution in [-0.4, -0.2) is 27.1 Å². The predicted molar refractivity (Wildman–Crippen MR) is 113 cm³/mol. The van der Waals surface area contributed by atoms with Gasteiger partial charge in [0.25, 0.3) is 11.7 Å². The number of carbonyl (C=O) groups is 2. The zero-order valence-electron chi connectivity index (χ0n) is 15.5. The van der Waals surface area contributed by atoms with Crippen molar-refractivity contribution in [2.75, 3.05) is 10.6 Å². The van der Waals surface area contributed by atoms with Crippen LogP contribution in [0, 0.1) is 0 Å². The normalized spacial score (nSPS) is 10.8. The van der Waals surface area contributed by atoms with Crippen LogP contribution >= 0.6 is 23.4 Å². The predicted octanol–water partition coefficient (Wildman–Crippen LogP) is 5.13. The number of rotatable bonds is 8. The highest BCUT2D eigenvalue weighted by atomic mass is 35.5. The molecule has 0 fully saturated rings. The van der Waals surface area contributed by atoms with Gasteiger partial charge in [0.1, 0.15) is 0 Å². The number of halogens is 3. The number of imidazole rings is 1. The summed E-state index contributed by atoms with van der Waals surface area (Å²) in [6.45, 7) is 0.478. The Kier molecular flexibility index (Phi) is 7.42. The first-order valence-corrected chi connectivity index (χ1v) is 10.1. The molecule has 0 aliphatic rings. The fourth-order valence-corrected chi connectivity index (χ4v) is 3.53. The highest BCUT2D eigenvalue weighted by Gasteiger charge is 2.16. The molecule has 1 heterocycles. The largest absolute Gasteiger partial charge is 0.337 e. The topological polar surface area (TPSA) is 76.0 Å². The summed E-state index contributed by atoms with van der Waals surface area (Å²) in [6.07, 6.45) is 5.25. The lowest BCUT2D eigenvalue weighted by molar-refractivity contribution is -0.116. The Bertz CT molecular complexity index is 1030. The molecule has 0 saturated heterocycles. The first-order chi connectivity index (χ1) is 14.4. The summed E-state index contributed by atoms with van der Waals surface area (Å²) in [4.78, 5) is 28.7. The minimum Gasteiger partial charge on any atom is -0.337 e. The van der Waals surface area contributed by atoms with Crippen molar-refractivity contribution in [3.8, 4) is 0 Å². The van der Waals surface area contributed by atoms with Crippen LogP contribution in [-0.2, 0) is 11.3 Å². The van der Waals surface area contributed by atoms with Crippen molar-refractivity contribution in [1.82, 2.24) is 9.55 Å².